The van der Waals surface area contributed by atoms with Gasteiger partial charge in [-0.2, -0.15) is 15.4 Å². The van der Waals surface area contributed by atoms with Crippen molar-refractivity contribution in [3.63, 3.8) is 0 Å². The van der Waals surface area contributed by atoms with E-state index in [0.29, 0.717) is 23.9 Å². The molecule has 0 atom stereocenters. The highest BCUT2D eigenvalue weighted by atomic mass is 35.5. The van der Waals surface area contributed by atoms with Crippen molar-refractivity contribution in [2.45, 2.75) is 0 Å². The lowest BCUT2D eigenvalue weighted by Gasteiger charge is -2.04. The van der Waals surface area contributed by atoms with Crippen LogP contribution in [0.2, 0.25) is 0 Å². The predicted molar refractivity (Wildman–Crippen MR) is 66.6 cm³/mol. The largest absolute Gasteiger partial charge is 0.492 e. The van der Waals surface area contributed by atoms with Gasteiger partial charge in [0.15, 0.2) is 5.69 Å². The van der Waals surface area contributed by atoms with E-state index in [1.54, 1.807) is 24.3 Å². The highest BCUT2D eigenvalue weighted by molar-refractivity contribution is 6.18. The molecule has 0 radical (unpaired) electrons. The summed E-state index contributed by atoms with van der Waals surface area (Å²) in [5.74, 6) is 0.501. The van der Waals surface area contributed by atoms with Crippen LogP contribution >= 0.6 is 11.6 Å². The average molecular weight is 267 g/mol. The van der Waals surface area contributed by atoms with E-state index in [-0.39, 0.29) is 5.69 Å². The van der Waals surface area contributed by atoms with Crippen molar-refractivity contribution >= 4 is 17.5 Å². The molecule has 0 aliphatic heterocycles. The van der Waals surface area contributed by atoms with Gasteiger partial charge in [0, 0.05) is 5.56 Å². The fourth-order valence-corrected chi connectivity index (χ4v) is 1.55. The molecule has 2 rings (SSSR count). The second-order valence-corrected chi connectivity index (χ2v) is 3.82. The van der Waals surface area contributed by atoms with E-state index < -0.39 is 5.91 Å². The second-order valence-electron chi connectivity index (χ2n) is 3.45. The summed E-state index contributed by atoms with van der Waals surface area (Å²) in [5, 5.41) is 9.98. The fourth-order valence-electron chi connectivity index (χ4n) is 1.47. The number of benzene rings is 1. The number of hydrogen-bond acceptors (Lipinski definition) is 4. The molecule has 1 heterocycles. The molecule has 7 heteroatoms. The molecule has 94 valence electrons. The monoisotopic (exact) mass is 266 g/mol. The first kappa shape index (κ1) is 12.4. The Hall–Kier alpha value is -2.08. The molecule has 2 aromatic rings. The van der Waals surface area contributed by atoms with E-state index in [1.807, 2.05) is 0 Å². The van der Waals surface area contributed by atoms with Crippen LogP contribution in [0.3, 0.4) is 0 Å². The minimum absolute atomic E-state index is 0.115. The Morgan fingerprint density at radius 2 is 2.06 bits per heavy atom. The third-order valence-corrected chi connectivity index (χ3v) is 2.41. The molecule has 0 spiro atoms. The Balaban J connectivity index is 2.23. The number of rotatable bonds is 5. The first-order valence-corrected chi connectivity index (χ1v) is 5.75. The molecule has 1 aromatic heterocycles. The highest BCUT2D eigenvalue weighted by Crippen LogP contribution is 2.22. The number of nitrogens with one attached hydrogen (secondary N) is 1. The molecule has 1 aromatic carbocycles. The molecule has 0 bridgehead atoms. The summed E-state index contributed by atoms with van der Waals surface area (Å²) in [6, 6.07) is 7.07. The molecule has 3 N–H and O–H groups in total. The van der Waals surface area contributed by atoms with E-state index in [1.165, 1.54) is 0 Å². The van der Waals surface area contributed by atoms with Gasteiger partial charge in [-0.25, -0.2) is 0 Å². The van der Waals surface area contributed by atoms with Gasteiger partial charge in [-0.15, -0.1) is 11.6 Å². The maximum absolute atomic E-state index is 11.1. The maximum Gasteiger partial charge on any atom is 0.271 e. The average Bonchev–Trinajstić information content (AvgIpc) is 2.86. The summed E-state index contributed by atoms with van der Waals surface area (Å²) in [5.41, 5.74) is 6.46. The van der Waals surface area contributed by atoms with Crippen molar-refractivity contribution in [2.24, 2.45) is 5.73 Å². The number of amides is 1. The number of alkyl halides is 1. The van der Waals surface area contributed by atoms with Crippen molar-refractivity contribution in [1.82, 2.24) is 15.4 Å². The molecule has 6 nitrogen and oxygen atoms in total. The van der Waals surface area contributed by atoms with Crippen molar-refractivity contribution in [3.8, 4) is 17.0 Å². The third-order valence-electron chi connectivity index (χ3n) is 2.25. The molecule has 0 saturated heterocycles. The van der Waals surface area contributed by atoms with E-state index in [0.717, 1.165) is 5.56 Å². The van der Waals surface area contributed by atoms with Crippen LogP contribution in [0.4, 0.5) is 0 Å². The van der Waals surface area contributed by atoms with Gasteiger partial charge in [-0.1, -0.05) is 0 Å². The number of carbonyl (C=O) groups is 1. The number of hydrogen-bond donors (Lipinski definition) is 2. The molecular weight excluding hydrogens is 256 g/mol. The van der Waals surface area contributed by atoms with Gasteiger partial charge < -0.3 is 10.5 Å². The molecule has 1 amide bonds. The normalized spacial score (nSPS) is 10.3. The maximum atomic E-state index is 11.1. The van der Waals surface area contributed by atoms with Crippen LogP contribution in [0.5, 0.6) is 5.75 Å². The van der Waals surface area contributed by atoms with Gasteiger partial charge >= 0.3 is 0 Å². The Morgan fingerprint density at radius 1 is 1.33 bits per heavy atom. The van der Waals surface area contributed by atoms with Crippen molar-refractivity contribution < 1.29 is 9.53 Å². The molecule has 0 saturated carbocycles. The van der Waals surface area contributed by atoms with Crippen LogP contribution < -0.4 is 10.5 Å². The van der Waals surface area contributed by atoms with E-state index >= 15 is 0 Å². The number of ether oxygens (including phenoxy) is 1. The van der Waals surface area contributed by atoms with Crippen LogP contribution in [0.25, 0.3) is 11.3 Å². The number of nitrogens with two attached hydrogens (primary N) is 1. The first-order chi connectivity index (χ1) is 8.72. The summed E-state index contributed by atoms with van der Waals surface area (Å²) >= 11 is 5.52. The summed E-state index contributed by atoms with van der Waals surface area (Å²) < 4.78 is 5.34. The highest BCUT2D eigenvalue weighted by Gasteiger charge is 2.14. The minimum atomic E-state index is -0.624. The van der Waals surface area contributed by atoms with Crippen LogP contribution in [-0.2, 0) is 0 Å². The van der Waals surface area contributed by atoms with Gasteiger partial charge in [0.2, 0.25) is 0 Å². The number of H-pyrrole nitrogens is 1. The van der Waals surface area contributed by atoms with E-state index in [4.69, 9.17) is 22.1 Å². The summed E-state index contributed by atoms with van der Waals surface area (Å²) in [6.07, 6.45) is 0. The third kappa shape index (κ3) is 2.60. The van der Waals surface area contributed by atoms with Crippen molar-refractivity contribution in [2.75, 3.05) is 12.5 Å². The van der Waals surface area contributed by atoms with Crippen molar-refractivity contribution in [1.29, 1.82) is 0 Å². The van der Waals surface area contributed by atoms with Crippen LogP contribution in [0.1, 0.15) is 10.5 Å². The first-order valence-electron chi connectivity index (χ1n) is 5.22. The SMILES string of the molecule is NC(=O)c1n[nH]nc1-c1ccc(OCCCl)cc1. The lowest BCUT2D eigenvalue weighted by Crippen LogP contribution is -2.12. The predicted octanol–water partition coefficient (Wildman–Crippen LogP) is 1.19. The van der Waals surface area contributed by atoms with Crippen molar-refractivity contribution in [3.05, 3.63) is 30.0 Å². The van der Waals surface area contributed by atoms with Crippen LogP contribution in [0, 0.1) is 0 Å². The lowest BCUT2D eigenvalue weighted by molar-refractivity contribution is 0.0996. The lowest BCUT2D eigenvalue weighted by atomic mass is 10.1. The Kier molecular flexibility index (Phi) is 3.78. The number of halogens is 1. The van der Waals surface area contributed by atoms with Gasteiger partial charge in [0.25, 0.3) is 5.91 Å². The summed E-state index contributed by atoms with van der Waals surface area (Å²) in [6.45, 7) is 0.442. The number of nitrogens with zero attached hydrogens (tertiary/aromatic N) is 2. The number of primary amides is 1. The van der Waals surface area contributed by atoms with Crippen LogP contribution in [-0.4, -0.2) is 33.8 Å². The van der Waals surface area contributed by atoms with Crippen LogP contribution in [0.15, 0.2) is 24.3 Å². The molecular formula is C11H11ClN4O2. The number of carbonyl (C=O) groups excluding carboxylic acids is 1. The van der Waals surface area contributed by atoms with E-state index in [9.17, 15) is 4.79 Å². The van der Waals surface area contributed by atoms with Gasteiger partial charge in [0.1, 0.15) is 18.1 Å². The zero-order chi connectivity index (χ0) is 13.0. The number of aromatic nitrogens is 3. The Morgan fingerprint density at radius 3 is 2.67 bits per heavy atom. The zero-order valence-corrected chi connectivity index (χ0v) is 10.1. The van der Waals surface area contributed by atoms with Gasteiger partial charge in [-0.05, 0) is 24.3 Å². The number of aromatic amines is 1. The molecule has 18 heavy (non-hydrogen) atoms. The van der Waals surface area contributed by atoms with Gasteiger partial charge in [-0.3, -0.25) is 4.79 Å². The van der Waals surface area contributed by atoms with Gasteiger partial charge in [0.05, 0.1) is 5.88 Å². The fraction of sp³-hybridized carbons (Fsp3) is 0.182. The molecule has 0 fully saturated rings. The molecule has 0 aliphatic rings. The molecule has 0 unspecified atom stereocenters. The standard InChI is InChI=1S/C11H11ClN4O2/c12-5-6-18-8-3-1-7(2-4-8)9-10(11(13)17)15-16-14-9/h1-4H,5-6H2,(H2,13,17)(H,14,15,16). The topological polar surface area (TPSA) is 93.9 Å². The Labute approximate surface area is 108 Å². The quantitative estimate of drug-likeness (QED) is 0.795. The Bertz CT molecular complexity index is 538. The summed E-state index contributed by atoms with van der Waals surface area (Å²) in [7, 11) is 0. The van der Waals surface area contributed by atoms with E-state index in [2.05, 4.69) is 15.4 Å². The zero-order valence-electron chi connectivity index (χ0n) is 9.39. The second kappa shape index (κ2) is 5.50. The minimum Gasteiger partial charge on any atom is -0.492 e. The molecule has 0 aliphatic carbocycles. The summed E-state index contributed by atoms with van der Waals surface area (Å²) in [4.78, 5) is 11.1. The smallest absolute Gasteiger partial charge is 0.271 e.